The van der Waals surface area contributed by atoms with E-state index in [1.165, 1.54) is 26.5 Å². The molecule has 2 aromatic rings. The van der Waals surface area contributed by atoms with Gasteiger partial charge in [-0.15, -0.1) is 0 Å². The number of nitrogens with zero attached hydrogens (tertiary/aromatic N) is 2. The third-order valence-corrected chi connectivity index (χ3v) is 4.54. The fraction of sp³-hybridized carbons (Fsp3) is 0.368. The Bertz CT molecular complexity index is 897. The molecule has 28 heavy (non-hydrogen) atoms. The van der Waals surface area contributed by atoms with Gasteiger partial charge in [0, 0.05) is 6.20 Å². The van der Waals surface area contributed by atoms with Crippen LogP contribution in [0.5, 0.6) is 0 Å². The standard InChI is InChI=1S/C19H21N3O6/c1-26-18(24)15-6-4-3-5-14(15)17(23)21-12-9-20-22(10-12)11-13-7-8-16(28-13)19(25)27-2/h3-4,7-10,14-15H,5-6,11H2,1-2H3,(H,21,23). The van der Waals surface area contributed by atoms with Crippen molar-refractivity contribution >= 4 is 23.5 Å². The molecule has 1 aliphatic rings. The molecule has 148 valence electrons. The van der Waals surface area contributed by atoms with E-state index in [9.17, 15) is 14.4 Å². The molecule has 1 N–H and O–H groups in total. The van der Waals surface area contributed by atoms with Crippen molar-refractivity contribution < 1.29 is 28.3 Å². The van der Waals surface area contributed by atoms with Crippen molar-refractivity contribution in [3.63, 3.8) is 0 Å². The maximum atomic E-state index is 12.6. The van der Waals surface area contributed by atoms with Gasteiger partial charge in [0.25, 0.3) is 0 Å². The minimum Gasteiger partial charge on any atom is -0.469 e. The Labute approximate surface area is 161 Å². The van der Waals surface area contributed by atoms with Gasteiger partial charge in [-0.3, -0.25) is 14.3 Å². The predicted octanol–water partition coefficient (Wildman–Crippen LogP) is 2.00. The number of carbonyl (C=O) groups is 3. The monoisotopic (exact) mass is 387 g/mol. The molecule has 1 aliphatic carbocycles. The second-order valence-corrected chi connectivity index (χ2v) is 6.35. The summed E-state index contributed by atoms with van der Waals surface area (Å²) in [7, 11) is 2.60. The molecule has 0 spiro atoms. The number of hydrogen-bond acceptors (Lipinski definition) is 7. The number of rotatable bonds is 6. The molecular formula is C19H21N3O6. The van der Waals surface area contributed by atoms with Crippen LogP contribution >= 0.6 is 0 Å². The van der Waals surface area contributed by atoms with Gasteiger partial charge in [0.2, 0.25) is 11.7 Å². The highest BCUT2D eigenvalue weighted by atomic mass is 16.5. The predicted molar refractivity (Wildman–Crippen MR) is 97.4 cm³/mol. The van der Waals surface area contributed by atoms with E-state index in [2.05, 4.69) is 15.2 Å². The van der Waals surface area contributed by atoms with Crippen molar-refractivity contribution in [3.8, 4) is 0 Å². The number of esters is 2. The van der Waals surface area contributed by atoms with Crippen LogP contribution < -0.4 is 5.32 Å². The quantitative estimate of drug-likeness (QED) is 0.596. The lowest BCUT2D eigenvalue weighted by molar-refractivity contribution is -0.149. The molecule has 2 heterocycles. The average molecular weight is 387 g/mol. The number of furan rings is 1. The molecule has 0 aliphatic heterocycles. The van der Waals surface area contributed by atoms with Crippen LogP contribution in [0.4, 0.5) is 5.69 Å². The number of ether oxygens (including phenoxy) is 2. The summed E-state index contributed by atoms with van der Waals surface area (Å²) in [5, 5.41) is 6.97. The van der Waals surface area contributed by atoms with Crippen molar-refractivity contribution in [2.24, 2.45) is 11.8 Å². The lowest BCUT2D eigenvalue weighted by Crippen LogP contribution is -2.35. The van der Waals surface area contributed by atoms with E-state index in [0.29, 0.717) is 24.3 Å². The topological polar surface area (TPSA) is 113 Å². The number of amides is 1. The molecule has 2 unspecified atom stereocenters. The third-order valence-electron chi connectivity index (χ3n) is 4.54. The van der Waals surface area contributed by atoms with Gasteiger partial charge >= 0.3 is 11.9 Å². The highest BCUT2D eigenvalue weighted by Crippen LogP contribution is 2.28. The van der Waals surface area contributed by atoms with Gasteiger partial charge < -0.3 is 19.2 Å². The first-order valence-electron chi connectivity index (χ1n) is 8.75. The molecule has 2 aromatic heterocycles. The molecule has 1 amide bonds. The molecule has 0 aromatic carbocycles. The van der Waals surface area contributed by atoms with Crippen LogP contribution in [0.15, 0.2) is 41.1 Å². The number of aromatic nitrogens is 2. The SMILES string of the molecule is COC(=O)c1ccc(Cn2cc(NC(=O)C3CC=CCC3C(=O)OC)cn2)o1. The maximum Gasteiger partial charge on any atom is 0.373 e. The van der Waals surface area contributed by atoms with Crippen molar-refractivity contribution in [1.29, 1.82) is 0 Å². The van der Waals surface area contributed by atoms with Crippen molar-refractivity contribution in [2.75, 3.05) is 19.5 Å². The van der Waals surface area contributed by atoms with Crippen molar-refractivity contribution in [3.05, 3.63) is 48.2 Å². The number of allylic oxidation sites excluding steroid dienone is 2. The van der Waals surface area contributed by atoms with E-state index in [4.69, 9.17) is 9.15 Å². The van der Waals surface area contributed by atoms with Crippen LogP contribution in [0.1, 0.15) is 29.2 Å². The highest BCUT2D eigenvalue weighted by Gasteiger charge is 2.34. The molecule has 2 atom stereocenters. The molecule has 9 heteroatoms. The van der Waals surface area contributed by atoms with Gasteiger partial charge in [-0.25, -0.2) is 4.79 Å². The highest BCUT2D eigenvalue weighted by molar-refractivity contribution is 5.95. The first-order chi connectivity index (χ1) is 13.5. The van der Waals surface area contributed by atoms with E-state index < -0.39 is 17.8 Å². The molecule has 0 bridgehead atoms. The van der Waals surface area contributed by atoms with Crippen LogP contribution in [-0.4, -0.2) is 41.8 Å². The Kier molecular flexibility index (Phi) is 5.93. The summed E-state index contributed by atoms with van der Waals surface area (Å²) in [6.45, 7) is 0.282. The molecule has 0 saturated heterocycles. The van der Waals surface area contributed by atoms with E-state index in [-0.39, 0.29) is 24.2 Å². The summed E-state index contributed by atoms with van der Waals surface area (Å²) >= 11 is 0. The fourth-order valence-corrected chi connectivity index (χ4v) is 3.10. The third kappa shape index (κ3) is 4.30. The summed E-state index contributed by atoms with van der Waals surface area (Å²) in [4.78, 5) is 36.0. The van der Waals surface area contributed by atoms with Crippen molar-refractivity contribution in [1.82, 2.24) is 9.78 Å². The summed E-state index contributed by atoms with van der Waals surface area (Å²) in [5.41, 5.74) is 0.503. The summed E-state index contributed by atoms with van der Waals surface area (Å²) in [6, 6.07) is 3.18. The molecule has 9 nitrogen and oxygen atoms in total. The number of carbonyl (C=O) groups excluding carboxylic acids is 3. The smallest absolute Gasteiger partial charge is 0.373 e. The zero-order chi connectivity index (χ0) is 20.1. The van der Waals surface area contributed by atoms with Crippen LogP contribution in [0.3, 0.4) is 0 Å². The Hall–Kier alpha value is -3.36. The Balaban J connectivity index is 1.63. The lowest BCUT2D eigenvalue weighted by Gasteiger charge is -2.25. The van der Waals surface area contributed by atoms with E-state index in [0.717, 1.165) is 0 Å². The second kappa shape index (κ2) is 8.55. The van der Waals surface area contributed by atoms with Crippen LogP contribution in [0.25, 0.3) is 0 Å². The minimum absolute atomic E-state index is 0.109. The maximum absolute atomic E-state index is 12.6. The van der Waals surface area contributed by atoms with E-state index >= 15 is 0 Å². The van der Waals surface area contributed by atoms with Gasteiger partial charge in [-0.05, 0) is 25.0 Å². The zero-order valence-corrected chi connectivity index (χ0v) is 15.6. The Morgan fingerprint density at radius 1 is 1.18 bits per heavy atom. The largest absolute Gasteiger partial charge is 0.469 e. The minimum atomic E-state index is -0.554. The normalized spacial score (nSPS) is 18.5. The van der Waals surface area contributed by atoms with Crippen LogP contribution in [-0.2, 0) is 25.6 Å². The summed E-state index contributed by atoms with van der Waals surface area (Å²) < 4.78 is 16.4. The average Bonchev–Trinajstić information content (AvgIpc) is 3.36. The van der Waals surface area contributed by atoms with Crippen LogP contribution in [0.2, 0.25) is 0 Å². The lowest BCUT2D eigenvalue weighted by atomic mass is 9.82. The van der Waals surface area contributed by atoms with Gasteiger partial charge in [0.15, 0.2) is 0 Å². The molecule has 3 rings (SSSR count). The molecular weight excluding hydrogens is 366 g/mol. The van der Waals surface area contributed by atoms with E-state index in [1.807, 2.05) is 12.2 Å². The first-order valence-corrected chi connectivity index (χ1v) is 8.75. The molecule has 0 fully saturated rings. The Morgan fingerprint density at radius 2 is 1.93 bits per heavy atom. The van der Waals surface area contributed by atoms with Gasteiger partial charge in [0.05, 0.1) is 44.5 Å². The first kappa shape index (κ1) is 19.4. The number of methoxy groups -OCH3 is 2. The molecule has 0 radical (unpaired) electrons. The van der Waals surface area contributed by atoms with Gasteiger partial charge in [-0.2, -0.15) is 5.10 Å². The van der Waals surface area contributed by atoms with Crippen molar-refractivity contribution in [2.45, 2.75) is 19.4 Å². The van der Waals surface area contributed by atoms with Gasteiger partial charge in [0.1, 0.15) is 5.76 Å². The fourth-order valence-electron chi connectivity index (χ4n) is 3.10. The number of anilines is 1. The number of hydrogen-bond donors (Lipinski definition) is 1. The zero-order valence-electron chi connectivity index (χ0n) is 15.6. The van der Waals surface area contributed by atoms with Gasteiger partial charge in [-0.1, -0.05) is 12.2 Å². The van der Waals surface area contributed by atoms with E-state index in [1.54, 1.807) is 16.9 Å². The Morgan fingerprint density at radius 3 is 2.64 bits per heavy atom. The molecule has 0 saturated carbocycles. The summed E-state index contributed by atoms with van der Waals surface area (Å²) in [5.74, 6) is -1.56. The second-order valence-electron chi connectivity index (χ2n) is 6.35. The number of nitrogens with one attached hydrogen (secondary N) is 1. The summed E-state index contributed by atoms with van der Waals surface area (Å²) in [6.07, 6.45) is 7.88. The van der Waals surface area contributed by atoms with Crippen LogP contribution in [0, 0.1) is 11.8 Å².